The lowest BCUT2D eigenvalue weighted by molar-refractivity contribution is 0.532. The third-order valence-corrected chi connectivity index (χ3v) is 4.71. The molecule has 22 heavy (non-hydrogen) atoms. The number of hydrogen-bond acceptors (Lipinski definition) is 3. The van der Waals surface area contributed by atoms with Crippen LogP contribution in [-0.4, -0.2) is 23.1 Å². The topological polar surface area (TPSA) is 66.2 Å². The second-order valence-electron chi connectivity index (χ2n) is 5.92. The Morgan fingerprint density at radius 2 is 1.73 bits per heavy atom. The van der Waals surface area contributed by atoms with Gasteiger partial charge in [-0.15, -0.1) is 0 Å². The van der Waals surface area contributed by atoms with E-state index >= 15 is 0 Å². The molecule has 0 aliphatic carbocycles. The predicted octanol–water partition coefficient (Wildman–Crippen LogP) is 1.27. The van der Waals surface area contributed by atoms with Gasteiger partial charge in [-0.3, -0.25) is 18.3 Å². The Labute approximate surface area is 127 Å². The molecule has 0 aliphatic heterocycles. The van der Waals surface area contributed by atoms with Gasteiger partial charge in [-0.25, -0.2) is 4.79 Å². The van der Waals surface area contributed by atoms with E-state index < -0.39 is 0 Å². The summed E-state index contributed by atoms with van der Waals surface area (Å²) in [5.74, 6) is 0.720. The normalized spacial score (nSPS) is 13.4. The van der Waals surface area contributed by atoms with Crippen molar-refractivity contribution in [1.82, 2.24) is 23.1 Å². The Morgan fingerprint density at radius 1 is 1.09 bits per heavy atom. The van der Waals surface area contributed by atoms with Gasteiger partial charge in [-0.05, 0) is 27.2 Å². The van der Waals surface area contributed by atoms with E-state index in [9.17, 15) is 9.59 Å². The second kappa shape index (κ2) is 4.59. The zero-order valence-corrected chi connectivity index (χ0v) is 13.8. The van der Waals surface area contributed by atoms with Crippen LogP contribution in [0.2, 0.25) is 0 Å². The van der Waals surface area contributed by atoms with E-state index in [1.807, 2.05) is 18.2 Å². The zero-order chi connectivity index (χ0) is 16.3. The number of aryl methyl sites for hydroxylation is 2. The fourth-order valence-corrected chi connectivity index (χ4v) is 3.06. The van der Waals surface area contributed by atoms with Crippen LogP contribution in [-0.2, 0) is 14.1 Å². The maximum absolute atomic E-state index is 12.6. The average Bonchev–Trinajstić information content (AvgIpc) is 2.99. The first kappa shape index (κ1) is 14.6. The van der Waals surface area contributed by atoms with Crippen LogP contribution in [0.15, 0.2) is 9.59 Å². The highest BCUT2D eigenvalue weighted by Gasteiger charge is 2.23. The quantitative estimate of drug-likeness (QED) is 0.716. The molecule has 3 heterocycles. The molecule has 0 bridgehead atoms. The highest BCUT2D eigenvalue weighted by molar-refractivity contribution is 5.76. The van der Waals surface area contributed by atoms with Crippen molar-refractivity contribution in [3.8, 4) is 0 Å². The van der Waals surface area contributed by atoms with Crippen LogP contribution in [0.1, 0.15) is 37.7 Å². The molecule has 0 aliphatic rings. The molecule has 0 fully saturated rings. The lowest BCUT2D eigenvalue weighted by atomic mass is 10.2. The molecule has 0 saturated heterocycles. The summed E-state index contributed by atoms with van der Waals surface area (Å²) >= 11 is 0. The molecule has 3 aromatic rings. The van der Waals surface area contributed by atoms with E-state index in [4.69, 9.17) is 0 Å². The summed E-state index contributed by atoms with van der Waals surface area (Å²) < 4.78 is 6.57. The van der Waals surface area contributed by atoms with Crippen molar-refractivity contribution in [3.63, 3.8) is 0 Å². The van der Waals surface area contributed by atoms with Gasteiger partial charge in [0, 0.05) is 31.5 Å². The van der Waals surface area contributed by atoms with E-state index in [1.54, 1.807) is 7.05 Å². The maximum Gasteiger partial charge on any atom is 0.332 e. The fourth-order valence-electron chi connectivity index (χ4n) is 3.06. The molecule has 0 radical (unpaired) electrons. The Balaban J connectivity index is 2.64. The molecule has 7 heteroatoms. The minimum atomic E-state index is -0.359. The van der Waals surface area contributed by atoms with Crippen LogP contribution < -0.4 is 11.2 Å². The van der Waals surface area contributed by atoms with Crippen LogP contribution in [0.3, 0.4) is 0 Å². The monoisotopic (exact) mass is 303 g/mol. The van der Waals surface area contributed by atoms with Gasteiger partial charge in [0.25, 0.3) is 5.56 Å². The van der Waals surface area contributed by atoms with Gasteiger partial charge < -0.3 is 4.57 Å². The van der Waals surface area contributed by atoms with Crippen molar-refractivity contribution in [1.29, 1.82) is 0 Å². The van der Waals surface area contributed by atoms with E-state index in [-0.39, 0.29) is 17.3 Å². The summed E-state index contributed by atoms with van der Waals surface area (Å²) in [6, 6.07) is 0.272. The van der Waals surface area contributed by atoms with Crippen molar-refractivity contribution in [2.45, 2.75) is 40.2 Å². The molecule has 0 N–H and O–H groups in total. The molecule has 0 saturated carbocycles. The molecule has 118 valence electrons. The number of aromatic nitrogens is 5. The number of fused-ring (bicyclic) bond motifs is 3. The molecular formula is C15H21N5O2. The lowest BCUT2D eigenvalue weighted by Gasteiger charge is -2.13. The molecule has 3 aromatic heterocycles. The van der Waals surface area contributed by atoms with Crippen molar-refractivity contribution in [2.24, 2.45) is 14.1 Å². The summed E-state index contributed by atoms with van der Waals surface area (Å²) in [5, 5.41) is 0. The molecule has 0 amide bonds. The van der Waals surface area contributed by atoms with Crippen molar-refractivity contribution in [3.05, 3.63) is 32.2 Å². The molecular weight excluding hydrogens is 282 g/mol. The van der Waals surface area contributed by atoms with Crippen LogP contribution in [0.25, 0.3) is 16.9 Å². The van der Waals surface area contributed by atoms with Gasteiger partial charge in [0.2, 0.25) is 5.78 Å². The van der Waals surface area contributed by atoms with Gasteiger partial charge >= 0.3 is 5.69 Å². The molecule has 3 rings (SSSR count). The Bertz CT molecular complexity index is 1020. The molecule has 0 unspecified atom stereocenters. The average molecular weight is 303 g/mol. The number of hydrogen-bond donors (Lipinski definition) is 0. The first-order valence-corrected chi connectivity index (χ1v) is 7.46. The minimum Gasteiger partial charge on any atom is -0.311 e. The highest BCUT2D eigenvalue weighted by atomic mass is 16.2. The molecule has 0 spiro atoms. The summed E-state index contributed by atoms with van der Waals surface area (Å²) in [4.78, 5) is 29.3. The first-order valence-electron chi connectivity index (χ1n) is 7.46. The largest absolute Gasteiger partial charge is 0.332 e. The SMILES string of the molecule is CC[C@@H](C)n1c(C)c(C)n2c3c(=O)n(C)c(=O)n(C)c3nc12. The zero-order valence-electron chi connectivity index (χ0n) is 13.8. The van der Waals surface area contributed by atoms with Gasteiger partial charge in [-0.1, -0.05) is 6.92 Å². The summed E-state index contributed by atoms with van der Waals surface area (Å²) in [6.07, 6.45) is 0.963. The van der Waals surface area contributed by atoms with Crippen LogP contribution in [0.5, 0.6) is 0 Å². The third kappa shape index (κ3) is 1.59. The first-order chi connectivity index (χ1) is 10.3. The van der Waals surface area contributed by atoms with E-state index in [1.165, 1.54) is 11.6 Å². The van der Waals surface area contributed by atoms with Crippen molar-refractivity contribution < 1.29 is 0 Å². The maximum atomic E-state index is 12.6. The highest BCUT2D eigenvalue weighted by Crippen LogP contribution is 2.25. The Morgan fingerprint density at radius 3 is 2.32 bits per heavy atom. The Hall–Kier alpha value is -2.31. The van der Waals surface area contributed by atoms with Crippen LogP contribution in [0.4, 0.5) is 0 Å². The van der Waals surface area contributed by atoms with Gasteiger partial charge in [0.15, 0.2) is 11.2 Å². The van der Waals surface area contributed by atoms with E-state index in [2.05, 4.69) is 23.4 Å². The molecule has 1 atom stereocenters. The van der Waals surface area contributed by atoms with Crippen molar-refractivity contribution >= 4 is 16.9 Å². The van der Waals surface area contributed by atoms with Crippen molar-refractivity contribution in [2.75, 3.05) is 0 Å². The smallest absolute Gasteiger partial charge is 0.311 e. The van der Waals surface area contributed by atoms with Gasteiger partial charge in [0.1, 0.15) is 0 Å². The Kier molecular flexibility index (Phi) is 3.05. The van der Waals surface area contributed by atoms with Crippen LogP contribution in [0, 0.1) is 13.8 Å². The number of nitrogens with zero attached hydrogens (tertiary/aromatic N) is 5. The predicted molar refractivity (Wildman–Crippen MR) is 85.6 cm³/mol. The summed E-state index contributed by atoms with van der Waals surface area (Å²) in [5.41, 5.74) is 2.30. The summed E-state index contributed by atoms with van der Waals surface area (Å²) in [7, 11) is 3.14. The summed E-state index contributed by atoms with van der Waals surface area (Å²) in [6.45, 7) is 8.26. The van der Waals surface area contributed by atoms with Gasteiger partial charge in [0.05, 0.1) is 0 Å². The van der Waals surface area contributed by atoms with E-state index in [0.29, 0.717) is 11.2 Å². The van der Waals surface area contributed by atoms with E-state index in [0.717, 1.165) is 28.2 Å². The number of imidazole rings is 2. The second-order valence-corrected chi connectivity index (χ2v) is 5.92. The molecule has 7 nitrogen and oxygen atoms in total. The fraction of sp³-hybridized carbons (Fsp3) is 0.533. The standard InChI is InChI=1S/C15H21N5O2/c1-7-8(2)19-9(3)10(4)20-11-12(16-14(19)20)17(5)15(22)18(6)13(11)21/h8H,7H2,1-6H3/t8-/m1/s1. The van der Waals surface area contributed by atoms with Gasteiger partial charge in [-0.2, -0.15) is 4.98 Å². The van der Waals surface area contributed by atoms with Crippen LogP contribution >= 0.6 is 0 Å². The lowest BCUT2D eigenvalue weighted by Crippen LogP contribution is -2.37. The minimum absolute atomic E-state index is 0.272. The number of rotatable bonds is 2. The molecule has 0 aromatic carbocycles. The third-order valence-electron chi connectivity index (χ3n) is 4.71.